The number of fused-ring (bicyclic) bond motifs is 1. The van der Waals surface area contributed by atoms with Crippen molar-refractivity contribution in [3.05, 3.63) is 69.3 Å². The predicted molar refractivity (Wildman–Crippen MR) is 116 cm³/mol. The fourth-order valence-corrected chi connectivity index (χ4v) is 6.21. The van der Waals surface area contributed by atoms with Crippen LogP contribution in [0.15, 0.2) is 57.8 Å². The van der Waals surface area contributed by atoms with Gasteiger partial charge in [-0.2, -0.15) is 13.4 Å². The van der Waals surface area contributed by atoms with Crippen LogP contribution in [0, 0.1) is 13.8 Å². The van der Waals surface area contributed by atoms with Crippen LogP contribution in [0.2, 0.25) is 0 Å². The van der Waals surface area contributed by atoms with E-state index in [-0.39, 0.29) is 16.1 Å². The van der Waals surface area contributed by atoms with Crippen molar-refractivity contribution in [2.24, 2.45) is 4.40 Å². The molecule has 0 unspecified atom stereocenters. The zero-order valence-electron chi connectivity index (χ0n) is 16.1. The topological polar surface area (TPSA) is 101 Å². The third-order valence-electron chi connectivity index (χ3n) is 4.42. The zero-order chi connectivity index (χ0) is 21.5. The molecule has 30 heavy (non-hydrogen) atoms. The molecule has 0 radical (unpaired) electrons. The molecule has 2 heterocycles. The highest BCUT2D eigenvalue weighted by Crippen LogP contribution is 2.31. The molecule has 10 heteroatoms. The number of nitrogens with zero attached hydrogens (tertiary/aromatic N) is 3. The van der Waals surface area contributed by atoms with Crippen LogP contribution in [0.3, 0.4) is 0 Å². The molecule has 0 bridgehead atoms. The molecule has 1 N–H and O–H groups in total. The Morgan fingerprint density at radius 1 is 1.10 bits per heavy atom. The molecule has 2 aromatic carbocycles. The van der Waals surface area contributed by atoms with Gasteiger partial charge in [0.2, 0.25) is 9.76 Å². The molecule has 4 aromatic rings. The molecule has 0 amide bonds. The number of thiazole rings is 1. The van der Waals surface area contributed by atoms with Crippen molar-refractivity contribution in [2.75, 3.05) is 0 Å². The van der Waals surface area contributed by atoms with E-state index < -0.39 is 16.0 Å². The number of hydrogen-bond acceptors (Lipinski definition) is 6. The van der Waals surface area contributed by atoms with E-state index in [0.29, 0.717) is 10.5 Å². The van der Waals surface area contributed by atoms with Gasteiger partial charge in [-0.25, -0.2) is 3.79 Å². The van der Waals surface area contributed by atoms with Crippen molar-refractivity contribution in [2.45, 2.75) is 25.2 Å². The van der Waals surface area contributed by atoms with Gasteiger partial charge in [-0.05, 0) is 43.1 Å². The fraction of sp³-hybridized carbons (Fsp3) is 0.150. The number of carboxylic acids is 1. The number of aryl methyl sites for hydroxylation is 2. The molecule has 0 atom stereocenters. The summed E-state index contributed by atoms with van der Waals surface area (Å²) in [4.78, 5) is 17.2. The van der Waals surface area contributed by atoms with E-state index in [2.05, 4.69) is 9.38 Å². The van der Waals surface area contributed by atoms with Crippen molar-refractivity contribution in [3.8, 4) is 11.3 Å². The Labute approximate surface area is 180 Å². The number of aromatic nitrogens is 2. The Bertz CT molecular complexity index is 1410. The lowest BCUT2D eigenvalue weighted by Crippen LogP contribution is -2.06. The summed E-state index contributed by atoms with van der Waals surface area (Å²) in [5.74, 6) is -0.880. The standard InChI is InChI=1S/C20H17N3O4S3/c1-12-3-9-16(10-4-12)30(26,27)22-19-21-20-23(29-19)18(13(2)28-20)15-7-5-14(6-8-15)11-17(24)25/h3-10H,11H2,1-2H3,(H,24,25)/b22-19-. The number of sulfonamides is 1. The Hall–Kier alpha value is -2.82. The molecule has 0 saturated heterocycles. The molecule has 0 aliphatic carbocycles. The molecular weight excluding hydrogens is 442 g/mol. The van der Waals surface area contributed by atoms with E-state index in [1.807, 2.05) is 29.8 Å². The maximum Gasteiger partial charge on any atom is 0.307 e. The summed E-state index contributed by atoms with van der Waals surface area (Å²) in [5.41, 5.74) is 3.47. The maximum absolute atomic E-state index is 12.6. The molecule has 0 saturated carbocycles. The summed E-state index contributed by atoms with van der Waals surface area (Å²) < 4.78 is 31.0. The van der Waals surface area contributed by atoms with E-state index in [4.69, 9.17) is 5.11 Å². The van der Waals surface area contributed by atoms with Gasteiger partial charge in [0.1, 0.15) is 0 Å². The second-order valence-corrected chi connectivity index (χ2v) is 10.4. The van der Waals surface area contributed by atoms with E-state index in [0.717, 1.165) is 33.2 Å². The van der Waals surface area contributed by atoms with Crippen LogP contribution in [-0.4, -0.2) is 28.3 Å². The summed E-state index contributed by atoms with van der Waals surface area (Å²) in [6.07, 6.45) is -0.0358. The Kier molecular flexibility index (Phi) is 5.31. The van der Waals surface area contributed by atoms with Crippen molar-refractivity contribution < 1.29 is 18.3 Å². The van der Waals surface area contributed by atoms with Gasteiger partial charge in [-0.1, -0.05) is 42.0 Å². The van der Waals surface area contributed by atoms with Crippen LogP contribution in [0.4, 0.5) is 0 Å². The molecule has 154 valence electrons. The Morgan fingerprint density at radius 2 is 1.77 bits per heavy atom. The van der Waals surface area contributed by atoms with Crippen LogP contribution in [0.1, 0.15) is 16.0 Å². The van der Waals surface area contributed by atoms with Crippen LogP contribution in [-0.2, 0) is 21.2 Å². The molecular formula is C20H17N3O4S3. The first-order valence-electron chi connectivity index (χ1n) is 8.91. The van der Waals surface area contributed by atoms with Gasteiger partial charge < -0.3 is 5.11 Å². The molecule has 0 aliphatic rings. The third-order valence-corrected chi connectivity index (χ3v) is 7.77. The van der Waals surface area contributed by atoms with Crippen LogP contribution >= 0.6 is 22.9 Å². The first kappa shape index (κ1) is 20.5. The SMILES string of the molecule is Cc1ccc(S(=O)(=O)/N=c2/nc3sc(C)c(-c4ccc(CC(=O)O)cc4)n3s2)cc1. The summed E-state index contributed by atoms with van der Waals surface area (Å²) in [7, 11) is -3.85. The highest BCUT2D eigenvalue weighted by Gasteiger charge is 2.17. The predicted octanol–water partition coefficient (Wildman–Crippen LogP) is 3.66. The van der Waals surface area contributed by atoms with Gasteiger partial charge in [-0.15, -0.1) is 15.7 Å². The maximum atomic E-state index is 12.6. The van der Waals surface area contributed by atoms with Crippen molar-refractivity contribution >= 4 is 43.8 Å². The molecule has 4 rings (SSSR count). The van der Waals surface area contributed by atoms with Crippen LogP contribution < -0.4 is 4.80 Å². The molecule has 7 nitrogen and oxygen atoms in total. The summed E-state index contributed by atoms with van der Waals surface area (Å²) in [5, 5.41) is 8.93. The van der Waals surface area contributed by atoms with Crippen LogP contribution in [0.5, 0.6) is 0 Å². The molecule has 0 spiro atoms. The lowest BCUT2D eigenvalue weighted by Gasteiger charge is -2.03. The Balaban J connectivity index is 1.76. The number of aliphatic carboxylic acids is 1. The normalized spacial score (nSPS) is 12.5. The van der Waals surface area contributed by atoms with Crippen LogP contribution in [0.25, 0.3) is 16.2 Å². The van der Waals surface area contributed by atoms with Gasteiger partial charge >= 0.3 is 5.97 Å². The highest BCUT2D eigenvalue weighted by molar-refractivity contribution is 7.90. The first-order valence-corrected chi connectivity index (χ1v) is 11.9. The van der Waals surface area contributed by atoms with E-state index in [1.165, 1.54) is 23.5 Å². The monoisotopic (exact) mass is 459 g/mol. The van der Waals surface area contributed by atoms with E-state index >= 15 is 0 Å². The zero-order valence-corrected chi connectivity index (χ0v) is 18.5. The van der Waals surface area contributed by atoms with Crippen molar-refractivity contribution in [1.29, 1.82) is 0 Å². The molecule has 2 aromatic heterocycles. The number of carboxylic acid groups (broad SMARTS) is 1. The minimum atomic E-state index is -3.85. The lowest BCUT2D eigenvalue weighted by molar-refractivity contribution is -0.136. The van der Waals surface area contributed by atoms with Crippen molar-refractivity contribution in [1.82, 2.24) is 8.77 Å². The summed E-state index contributed by atoms with van der Waals surface area (Å²) >= 11 is 2.60. The van der Waals surface area contributed by atoms with Crippen molar-refractivity contribution in [3.63, 3.8) is 0 Å². The minimum absolute atomic E-state index is 0.0358. The smallest absolute Gasteiger partial charge is 0.307 e. The van der Waals surface area contributed by atoms with Gasteiger partial charge in [-0.3, -0.25) is 4.79 Å². The average Bonchev–Trinajstić information content (AvgIpc) is 3.17. The highest BCUT2D eigenvalue weighted by atomic mass is 32.2. The number of benzene rings is 2. The summed E-state index contributed by atoms with van der Waals surface area (Å²) in [6, 6.07) is 13.8. The van der Waals surface area contributed by atoms with E-state index in [1.54, 1.807) is 24.3 Å². The second-order valence-electron chi connectivity index (χ2n) is 6.72. The number of hydrogen-bond donors (Lipinski definition) is 1. The van der Waals surface area contributed by atoms with Gasteiger partial charge in [0, 0.05) is 10.4 Å². The average molecular weight is 460 g/mol. The Morgan fingerprint density at radius 3 is 2.40 bits per heavy atom. The quantitative estimate of drug-likeness (QED) is 0.491. The lowest BCUT2D eigenvalue weighted by atomic mass is 10.1. The minimum Gasteiger partial charge on any atom is -0.481 e. The number of rotatable bonds is 5. The summed E-state index contributed by atoms with van der Waals surface area (Å²) in [6.45, 7) is 3.85. The third kappa shape index (κ3) is 4.07. The largest absolute Gasteiger partial charge is 0.481 e. The van der Waals surface area contributed by atoms with Gasteiger partial charge in [0.25, 0.3) is 10.0 Å². The van der Waals surface area contributed by atoms with E-state index in [9.17, 15) is 13.2 Å². The van der Waals surface area contributed by atoms with Gasteiger partial charge in [0.15, 0.2) is 0 Å². The molecule has 0 fully saturated rings. The van der Waals surface area contributed by atoms with Gasteiger partial charge in [0.05, 0.1) is 17.0 Å². The second kappa shape index (κ2) is 7.78. The number of carbonyl (C=O) groups is 1. The molecule has 0 aliphatic heterocycles. The first-order chi connectivity index (χ1) is 14.2. The fourth-order valence-electron chi connectivity index (χ4n) is 2.98.